The first kappa shape index (κ1) is 15.0. The number of nitrogens with zero attached hydrogens (tertiary/aromatic N) is 2. The second-order valence-corrected chi connectivity index (χ2v) is 5.47. The van der Waals surface area contributed by atoms with E-state index in [-0.39, 0.29) is 12.5 Å². The molecule has 0 aliphatic rings. The Morgan fingerprint density at radius 2 is 2.33 bits per heavy atom. The van der Waals surface area contributed by atoms with Gasteiger partial charge < -0.3 is 10.4 Å². The first-order valence-electron chi connectivity index (χ1n) is 5.93. The SMILES string of the molecule is CCn1nc(C)cc1C(=O)NCC(C)(O)CSC. The van der Waals surface area contributed by atoms with Gasteiger partial charge in [-0.3, -0.25) is 9.48 Å². The van der Waals surface area contributed by atoms with Crippen LogP contribution in [0.15, 0.2) is 6.07 Å². The van der Waals surface area contributed by atoms with Crippen LogP contribution in [0.25, 0.3) is 0 Å². The molecule has 0 aliphatic heterocycles. The highest BCUT2D eigenvalue weighted by Gasteiger charge is 2.22. The summed E-state index contributed by atoms with van der Waals surface area (Å²) in [7, 11) is 0. The Morgan fingerprint density at radius 1 is 1.67 bits per heavy atom. The normalized spacial score (nSPS) is 14.3. The molecule has 1 rings (SSSR count). The lowest BCUT2D eigenvalue weighted by Gasteiger charge is -2.22. The van der Waals surface area contributed by atoms with E-state index >= 15 is 0 Å². The van der Waals surface area contributed by atoms with Crippen LogP contribution >= 0.6 is 11.8 Å². The Kier molecular flexibility index (Phi) is 5.22. The molecule has 0 spiro atoms. The molecule has 0 fully saturated rings. The van der Waals surface area contributed by atoms with Crippen molar-refractivity contribution in [2.75, 3.05) is 18.6 Å². The average Bonchev–Trinajstić information content (AvgIpc) is 2.67. The molecular formula is C12H21N3O2S. The Labute approximate surface area is 112 Å². The van der Waals surface area contributed by atoms with Gasteiger partial charge in [0.1, 0.15) is 5.69 Å². The van der Waals surface area contributed by atoms with Crippen LogP contribution in [0, 0.1) is 6.92 Å². The Balaban J connectivity index is 2.65. The summed E-state index contributed by atoms with van der Waals surface area (Å²) in [6, 6.07) is 1.75. The van der Waals surface area contributed by atoms with E-state index in [1.54, 1.807) is 29.4 Å². The van der Waals surface area contributed by atoms with Crippen molar-refractivity contribution < 1.29 is 9.90 Å². The second kappa shape index (κ2) is 6.24. The number of carbonyl (C=O) groups excluding carboxylic acids is 1. The number of hydrogen-bond acceptors (Lipinski definition) is 4. The topological polar surface area (TPSA) is 67.2 Å². The van der Waals surface area contributed by atoms with E-state index in [0.717, 1.165) is 5.69 Å². The van der Waals surface area contributed by atoms with E-state index in [2.05, 4.69) is 10.4 Å². The first-order valence-corrected chi connectivity index (χ1v) is 7.33. The quantitative estimate of drug-likeness (QED) is 0.812. The van der Waals surface area contributed by atoms with E-state index < -0.39 is 5.60 Å². The van der Waals surface area contributed by atoms with Crippen molar-refractivity contribution in [3.05, 3.63) is 17.5 Å². The third kappa shape index (κ3) is 4.03. The summed E-state index contributed by atoms with van der Waals surface area (Å²) in [5.41, 5.74) is 0.467. The van der Waals surface area contributed by atoms with Crippen molar-refractivity contribution in [1.82, 2.24) is 15.1 Å². The van der Waals surface area contributed by atoms with Crippen molar-refractivity contribution in [2.24, 2.45) is 0 Å². The van der Waals surface area contributed by atoms with Gasteiger partial charge in [0.25, 0.3) is 5.91 Å². The molecule has 1 unspecified atom stereocenters. The monoisotopic (exact) mass is 271 g/mol. The lowest BCUT2D eigenvalue weighted by Crippen LogP contribution is -2.42. The molecule has 2 N–H and O–H groups in total. The van der Waals surface area contributed by atoms with E-state index in [0.29, 0.717) is 18.0 Å². The number of aryl methyl sites for hydroxylation is 2. The third-order valence-electron chi connectivity index (χ3n) is 2.52. The standard InChI is InChI=1S/C12H21N3O2S/c1-5-15-10(6-9(2)14-15)11(16)13-7-12(3,17)8-18-4/h6,17H,5,7-8H2,1-4H3,(H,13,16). The average molecular weight is 271 g/mol. The summed E-state index contributed by atoms with van der Waals surface area (Å²) in [5, 5.41) is 17.0. The smallest absolute Gasteiger partial charge is 0.269 e. The van der Waals surface area contributed by atoms with Gasteiger partial charge in [0.15, 0.2) is 0 Å². The maximum absolute atomic E-state index is 12.0. The number of aromatic nitrogens is 2. The highest BCUT2D eigenvalue weighted by molar-refractivity contribution is 7.98. The fourth-order valence-electron chi connectivity index (χ4n) is 1.69. The molecule has 0 aliphatic carbocycles. The van der Waals surface area contributed by atoms with Gasteiger partial charge in [-0.1, -0.05) is 0 Å². The van der Waals surface area contributed by atoms with Gasteiger partial charge in [0.2, 0.25) is 0 Å². The van der Waals surface area contributed by atoms with Crippen molar-refractivity contribution in [3.8, 4) is 0 Å². The molecule has 0 saturated carbocycles. The zero-order valence-corrected chi connectivity index (χ0v) is 12.2. The van der Waals surface area contributed by atoms with Gasteiger partial charge in [-0.15, -0.1) is 0 Å². The van der Waals surface area contributed by atoms with E-state index in [9.17, 15) is 9.90 Å². The van der Waals surface area contributed by atoms with Gasteiger partial charge in [0.05, 0.1) is 11.3 Å². The number of aliphatic hydroxyl groups is 1. The molecule has 1 heterocycles. The number of hydrogen-bond donors (Lipinski definition) is 2. The van der Waals surface area contributed by atoms with Crippen LogP contribution in [0.3, 0.4) is 0 Å². The molecule has 5 nitrogen and oxygen atoms in total. The van der Waals surface area contributed by atoms with Crippen LogP contribution in [0.4, 0.5) is 0 Å². The zero-order chi connectivity index (χ0) is 13.8. The van der Waals surface area contributed by atoms with Crippen LogP contribution in [0.1, 0.15) is 30.0 Å². The van der Waals surface area contributed by atoms with E-state index in [1.807, 2.05) is 20.1 Å². The van der Waals surface area contributed by atoms with Crippen LogP contribution in [-0.4, -0.2) is 44.9 Å². The molecule has 102 valence electrons. The minimum Gasteiger partial charge on any atom is -0.387 e. The van der Waals surface area contributed by atoms with Crippen molar-refractivity contribution in [1.29, 1.82) is 0 Å². The largest absolute Gasteiger partial charge is 0.387 e. The maximum atomic E-state index is 12.0. The molecule has 1 aromatic rings. The van der Waals surface area contributed by atoms with Crippen molar-refractivity contribution in [3.63, 3.8) is 0 Å². The van der Waals surface area contributed by atoms with Gasteiger partial charge in [-0.25, -0.2) is 0 Å². The molecule has 1 aromatic heterocycles. The van der Waals surface area contributed by atoms with Gasteiger partial charge >= 0.3 is 0 Å². The molecular weight excluding hydrogens is 250 g/mol. The lowest BCUT2D eigenvalue weighted by molar-refractivity contribution is 0.0719. The van der Waals surface area contributed by atoms with Crippen LogP contribution in [-0.2, 0) is 6.54 Å². The summed E-state index contributed by atoms with van der Waals surface area (Å²) in [6.45, 7) is 6.39. The predicted molar refractivity (Wildman–Crippen MR) is 74.0 cm³/mol. The highest BCUT2D eigenvalue weighted by atomic mass is 32.2. The minimum atomic E-state index is -0.888. The Hall–Kier alpha value is -1.01. The minimum absolute atomic E-state index is 0.196. The van der Waals surface area contributed by atoms with Crippen LogP contribution in [0.2, 0.25) is 0 Å². The molecule has 18 heavy (non-hydrogen) atoms. The third-order valence-corrected chi connectivity index (χ3v) is 3.43. The predicted octanol–water partition coefficient (Wildman–Crippen LogP) is 1.06. The zero-order valence-electron chi connectivity index (χ0n) is 11.4. The number of nitrogens with one attached hydrogen (secondary N) is 1. The van der Waals surface area contributed by atoms with Crippen molar-refractivity contribution in [2.45, 2.75) is 32.9 Å². The molecule has 0 radical (unpaired) electrons. The number of amides is 1. The molecule has 0 saturated heterocycles. The van der Waals surface area contributed by atoms with Crippen LogP contribution in [0.5, 0.6) is 0 Å². The summed E-state index contributed by atoms with van der Waals surface area (Å²) in [5.74, 6) is 0.387. The lowest BCUT2D eigenvalue weighted by atomic mass is 10.1. The summed E-state index contributed by atoms with van der Waals surface area (Å²) < 4.78 is 1.66. The summed E-state index contributed by atoms with van der Waals surface area (Å²) >= 11 is 1.55. The van der Waals surface area contributed by atoms with Crippen LogP contribution < -0.4 is 5.32 Å². The van der Waals surface area contributed by atoms with Gasteiger partial charge in [0, 0.05) is 18.8 Å². The fourth-order valence-corrected chi connectivity index (χ4v) is 2.42. The molecule has 6 heteroatoms. The molecule has 0 bridgehead atoms. The molecule has 0 aromatic carbocycles. The Morgan fingerprint density at radius 3 is 2.89 bits per heavy atom. The second-order valence-electron chi connectivity index (χ2n) is 4.60. The molecule has 1 amide bonds. The van der Waals surface area contributed by atoms with Gasteiger partial charge in [-0.05, 0) is 33.1 Å². The number of thioether (sulfide) groups is 1. The van der Waals surface area contributed by atoms with Crippen molar-refractivity contribution >= 4 is 17.7 Å². The first-order chi connectivity index (χ1) is 8.39. The maximum Gasteiger partial charge on any atom is 0.269 e. The van der Waals surface area contributed by atoms with E-state index in [4.69, 9.17) is 0 Å². The van der Waals surface area contributed by atoms with Gasteiger partial charge in [-0.2, -0.15) is 16.9 Å². The highest BCUT2D eigenvalue weighted by Crippen LogP contribution is 2.10. The van der Waals surface area contributed by atoms with E-state index in [1.165, 1.54) is 0 Å². The summed E-state index contributed by atoms with van der Waals surface area (Å²) in [6.07, 6.45) is 1.92. The summed E-state index contributed by atoms with van der Waals surface area (Å²) in [4.78, 5) is 12.0. The Bertz CT molecular complexity index is 415. The fraction of sp³-hybridized carbons (Fsp3) is 0.667. The molecule has 1 atom stereocenters. The number of rotatable bonds is 6. The number of carbonyl (C=O) groups is 1.